The lowest BCUT2D eigenvalue weighted by Gasteiger charge is -2.49. The molecule has 3 amide bonds. The fourth-order valence-electron chi connectivity index (χ4n) is 3.50. The van der Waals surface area contributed by atoms with Gasteiger partial charge in [-0.05, 0) is 72.7 Å². The Labute approximate surface area is 199 Å². The first-order valence-electron chi connectivity index (χ1n) is 10.7. The highest BCUT2D eigenvalue weighted by Crippen LogP contribution is 2.36. The molecule has 0 spiro atoms. The van der Waals surface area contributed by atoms with Crippen LogP contribution in [-0.2, 0) is 9.47 Å². The summed E-state index contributed by atoms with van der Waals surface area (Å²) >= 11 is 5.89. The quantitative estimate of drug-likeness (QED) is 0.587. The molecule has 2 rings (SSSR count). The number of ether oxygens (including phenoxy) is 2. The summed E-state index contributed by atoms with van der Waals surface area (Å²) in [4.78, 5) is 39.4. The summed E-state index contributed by atoms with van der Waals surface area (Å²) in [6.45, 7) is 11.5. The molecule has 8 nitrogen and oxygen atoms in total. The van der Waals surface area contributed by atoms with Crippen LogP contribution in [0.5, 0.6) is 0 Å². The van der Waals surface area contributed by atoms with Gasteiger partial charge in [-0.25, -0.2) is 14.0 Å². The standard InChI is InChI=1S/C23H33ClFN3O5/c1-20(2,3)32-18(30)27-23(25)12-13-28(19(31)33-21(4,5)6)22(7,14-23)26-17(29)15-8-10-16(24)11-9-15/h8-11H,12-14H2,1-7H3,(H,26,29)(H,27,30). The van der Waals surface area contributed by atoms with Gasteiger partial charge < -0.3 is 14.8 Å². The lowest BCUT2D eigenvalue weighted by molar-refractivity contribution is -0.0698. The van der Waals surface area contributed by atoms with Crippen molar-refractivity contribution < 1.29 is 28.2 Å². The average molecular weight is 486 g/mol. The largest absolute Gasteiger partial charge is 0.444 e. The molecular formula is C23H33ClFN3O5. The van der Waals surface area contributed by atoms with E-state index in [2.05, 4.69) is 10.6 Å². The first-order chi connectivity index (χ1) is 14.9. The third-order valence-electron chi connectivity index (χ3n) is 4.78. The van der Waals surface area contributed by atoms with Crippen LogP contribution in [0.4, 0.5) is 14.0 Å². The summed E-state index contributed by atoms with van der Waals surface area (Å²) in [7, 11) is 0. The van der Waals surface area contributed by atoms with E-state index >= 15 is 4.39 Å². The third kappa shape index (κ3) is 7.77. The van der Waals surface area contributed by atoms with Crippen molar-refractivity contribution in [3.05, 3.63) is 34.9 Å². The van der Waals surface area contributed by atoms with Crippen molar-refractivity contribution >= 4 is 29.7 Å². The predicted molar refractivity (Wildman–Crippen MR) is 123 cm³/mol. The van der Waals surface area contributed by atoms with Gasteiger partial charge in [-0.3, -0.25) is 15.0 Å². The molecule has 2 N–H and O–H groups in total. The molecule has 184 valence electrons. The van der Waals surface area contributed by atoms with E-state index in [4.69, 9.17) is 21.1 Å². The van der Waals surface area contributed by atoms with Gasteiger partial charge in [0.1, 0.15) is 16.9 Å². The number of benzene rings is 1. The number of piperidine rings is 1. The number of hydrogen-bond acceptors (Lipinski definition) is 5. The van der Waals surface area contributed by atoms with Crippen LogP contribution in [-0.4, -0.2) is 52.2 Å². The summed E-state index contributed by atoms with van der Waals surface area (Å²) in [6, 6.07) is 6.14. The Balaban J connectivity index is 2.31. The number of hydrogen-bond donors (Lipinski definition) is 2. The van der Waals surface area contributed by atoms with E-state index in [-0.39, 0.29) is 18.5 Å². The summed E-state index contributed by atoms with van der Waals surface area (Å²) in [6.07, 6.45) is -2.27. The average Bonchev–Trinajstić information content (AvgIpc) is 2.57. The van der Waals surface area contributed by atoms with Crippen LogP contribution in [0.25, 0.3) is 0 Å². The molecule has 1 aromatic carbocycles. The molecule has 1 aliphatic heterocycles. The molecule has 1 aromatic rings. The van der Waals surface area contributed by atoms with Gasteiger partial charge in [0.25, 0.3) is 5.91 Å². The Morgan fingerprint density at radius 1 is 1.00 bits per heavy atom. The van der Waals surface area contributed by atoms with Crippen LogP contribution in [0.1, 0.15) is 71.7 Å². The Kier molecular flexibility index (Phi) is 7.58. The zero-order valence-electron chi connectivity index (χ0n) is 20.2. The van der Waals surface area contributed by atoms with Gasteiger partial charge in [-0.15, -0.1) is 0 Å². The summed E-state index contributed by atoms with van der Waals surface area (Å²) < 4.78 is 26.5. The number of carbonyl (C=O) groups is 3. The number of nitrogens with zero attached hydrogens (tertiary/aromatic N) is 1. The van der Waals surface area contributed by atoms with Crippen molar-refractivity contribution in [1.29, 1.82) is 0 Å². The van der Waals surface area contributed by atoms with E-state index in [0.29, 0.717) is 5.02 Å². The lowest BCUT2D eigenvalue weighted by Crippen LogP contribution is -2.69. The number of carbonyl (C=O) groups excluding carboxylic acids is 3. The molecular weight excluding hydrogens is 453 g/mol. The second-order valence-corrected chi connectivity index (χ2v) is 10.8. The van der Waals surface area contributed by atoms with Crippen molar-refractivity contribution in [2.24, 2.45) is 0 Å². The van der Waals surface area contributed by atoms with Crippen molar-refractivity contribution in [3.63, 3.8) is 0 Å². The monoisotopic (exact) mass is 485 g/mol. The van der Waals surface area contributed by atoms with E-state index in [9.17, 15) is 14.4 Å². The molecule has 0 bridgehead atoms. The number of alkyl carbamates (subject to hydrolysis) is 1. The fourth-order valence-corrected chi connectivity index (χ4v) is 3.62. The second kappa shape index (κ2) is 9.37. The molecule has 0 saturated carbocycles. The number of rotatable bonds is 3. The zero-order valence-corrected chi connectivity index (χ0v) is 20.9. The SMILES string of the molecule is CC(C)(C)OC(=O)NC1(F)CCN(C(=O)OC(C)(C)C)C(C)(NC(=O)c2ccc(Cl)cc2)C1. The number of likely N-dealkylation sites (tertiary alicyclic amines) is 1. The van der Waals surface area contributed by atoms with Crippen molar-refractivity contribution in [2.45, 2.75) is 84.0 Å². The normalized spacial score (nSPS) is 23.5. The number of nitrogens with one attached hydrogen (secondary N) is 2. The molecule has 0 aliphatic carbocycles. The van der Waals surface area contributed by atoms with Gasteiger partial charge in [0, 0.05) is 30.0 Å². The Bertz CT molecular complexity index is 897. The lowest BCUT2D eigenvalue weighted by atomic mass is 9.90. The van der Waals surface area contributed by atoms with E-state index in [1.807, 2.05) is 0 Å². The molecule has 1 saturated heterocycles. The van der Waals surface area contributed by atoms with Gasteiger partial charge in [-0.2, -0.15) is 0 Å². The van der Waals surface area contributed by atoms with Crippen molar-refractivity contribution in [1.82, 2.24) is 15.5 Å². The fraction of sp³-hybridized carbons (Fsp3) is 0.609. The molecule has 10 heteroatoms. The molecule has 1 fully saturated rings. The van der Waals surface area contributed by atoms with Crippen LogP contribution in [0.2, 0.25) is 5.02 Å². The number of amides is 3. The summed E-state index contributed by atoms with van der Waals surface area (Å²) in [5, 5.41) is 5.45. The van der Waals surface area contributed by atoms with E-state index in [1.165, 1.54) is 24.0 Å². The van der Waals surface area contributed by atoms with E-state index < -0.39 is 47.2 Å². The molecule has 33 heavy (non-hydrogen) atoms. The number of alkyl halides is 1. The van der Waals surface area contributed by atoms with Gasteiger partial charge >= 0.3 is 12.2 Å². The maximum Gasteiger partial charge on any atom is 0.412 e. The van der Waals surface area contributed by atoms with Gasteiger partial charge in [0.05, 0.1) is 0 Å². The smallest absolute Gasteiger partial charge is 0.412 e. The Morgan fingerprint density at radius 3 is 2.06 bits per heavy atom. The second-order valence-electron chi connectivity index (χ2n) is 10.4. The van der Waals surface area contributed by atoms with Gasteiger partial charge in [-0.1, -0.05) is 11.6 Å². The zero-order chi connectivity index (χ0) is 25.2. The predicted octanol–water partition coefficient (Wildman–Crippen LogP) is 5.01. The highest BCUT2D eigenvalue weighted by molar-refractivity contribution is 6.30. The molecule has 0 radical (unpaired) electrons. The maximum absolute atomic E-state index is 15.8. The summed E-state index contributed by atoms with van der Waals surface area (Å²) in [5.41, 5.74) is -2.85. The first-order valence-corrected chi connectivity index (χ1v) is 11.1. The van der Waals surface area contributed by atoms with E-state index in [1.54, 1.807) is 53.7 Å². The van der Waals surface area contributed by atoms with Crippen molar-refractivity contribution in [3.8, 4) is 0 Å². The van der Waals surface area contributed by atoms with Crippen LogP contribution in [0.3, 0.4) is 0 Å². The Hall–Kier alpha value is -2.55. The van der Waals surface area contributed by atoms with Crippen LogP contribution < -0.4 is 10.6 Å². The number of halogens is 2. The molecule has 2 atom stereocenters. The van der Waals surface area contributed by atoms with Gasteiger partial charge in [0.2, 0.25) is 0 Å². The molecule has 0 aromatic heterocycles. The van der Waals surface area contributed by atoms with Crippen LogP contribution >= 0.6 is 11.6 Å². The highest BCUT2D eigenvalue weighted by Gasteiger charge is 2.52. The van der Waals surface area contributed by atoms with Gasteiger partial charge in [0.15, 0.2) is 5.79 Å². The van der Waals surface area contributed by atoms with Crippen LogP contribution in [0, 0.1) is 0 Å². The third-order valence-corrected chi connectivity index (χ3v) is 5.03. The maximum atomic E-state index is 15.8. The van der Waals surface area contributed by atoms with Crippen LogP contribution in [0.15, 0.2) is 24.3 Å². The topological polar surface area (TPSA) is 97.0 Å². The molecule has 1 aliphatic rings. The Morgan fingerprint density at radius 2 is 1.55 bits per heavy atom. The van der Waals surface area contributed by atoms with E-state index in [0.717, 1.165) is 0 Å². The summed E-state index contributed by atoms with van der Waals surface area (Å²) in [5.74, 6) is -2.77. The minimum absolute atomic E-state index is 0.112. The minimum atomic E-state index is -2.23. The molecule has 2 unspecified atom stereocenters. The molecule has 1 heterocycles. The van der Waals surface area contributed by atoms with Crippen molar-refractivity contribution in [2.75, 3.05) is 6.54 Å². The first kappa shape index (κ1) is 26.7. The minimum Gasteiger partial charge on any atom is -0.444 e. The highest BCUT2D eigenvalue weighted by atomic mass is 35.5.